The number of hydrogen-bond donors (Lipinski definition) is 1. The first kappa shape index (κ1) is 18.4. The van der Waals surface area contributed by atoms with Crippen LogP contribution in [0.1, 0.15) is 30.3 Å². The number of allylic oxidation sites excluding steroid dienone is 1. The number of aliphatic carboxylic acids is 1. The van der Waals surface area contributed by atoms with Gasteiger partial charge in [-0.1, -0.05) is 18.2 Å². The van der Waals surface area contributed by atoms with Crippen LogP contribution in [0.15, 0.2) is 49.2 Å². The van der Waals surface area contributed by atoms with Crippen molar-refractivity contribution in [3.63, 3.8) is 0 Å². The Hall–Kier alpha value is -2.93. The lowest BCUT2D eigenvalue weighted by atomic mass is 9.94. The Bertz CT molecular complexity index is 990. The fourth-order valence-electron chi connectivity index (χ4n) is 4.17. The van der Waals surface area contributed by atoms with Crippen LogP contribution in [-0.2, 0) is 24.4 Å². The molecule has 7 nitrogen and oxygen atoms in total. The molecule has 0 amide bonds. The van der Waals surface area contributed by atoms with Gasteiger partial charge in [0.1, 0.15) is 12.4 Å². The van der Waals surface area contributed by atoms with Gasteiger partial charge in [-0.3, -0.25) is 14.4 Å². The highest BCUT2D eigenvalue weighted by molar-refractivity contribution is 5.76. The van der Waals surface area contributed by atoms with Gasteiger partial charge in [0.15, 0.2) is 0 Å². The highest BCUT2D eigenvalue weighted by Crippen LogP contribution is 2.28. The number of carbonyl (C=O) groups is 1. The van der Waals surface area contributed by atoms with Crippen LogP contribution in [0.5, 0.6) is 0 Å². The van der Waals surface area contributed by atoms with Gasteiger partial charge in [-0.15, -0.1) is 6.58 Å². The lowest BCUT2D eigenvalue weighted by molar-refractivity contribution is -0.137. The number of likely N-dealkylation sites (tertiary alicyclic amines) is 1. The summed E-state index contributed by atoms with van der Waals surface area (Å²) in [5.41, 5.74) is 3.14. The Kier molecular flexibility index (Phi) is 5.25. The number of aromatic nitrogens is 4. The number of imidazole rings is 1. The predicted molar refractivity (Wildman–Crippen MR) is 107 cm³/mol. The van der Waals surface area contributed by atoms with E-state index in [-0.39, 0.29) is 12.5 Å². The maximum absolute atomic E-state index is 11.1. The second-order valence-corrected chi connectivity index (χ2v) is 7.30. The molecule has 146 valence electrons. The zero-order valence-corrected chi connectivity index (χ0v) is 15.9. The van der Waals surface area contributed by atoms with Crippen molar-refractivity contribution >= 4 is 17.0 Å². The van der Waals surface area contributed by atoms with E-state index < -0.39 is 5.97 Å². The van der Waals surface area contributed by atoms with Gasteiger partial charge in [0.25, 0.3) is 0 Å². The summed E-state index contributed by atoms with van der Waals surface area (Å²) in [4.78, 5) is 18.4. The molecule has 7 heteroatoms. The summed E-state index contributed by atoms with van der Waals surface area (Å²) in [7, 11) is 0. The molecule has 1 saturated heterocycles. The molecule has 0 bridgehead atoms. The Morgan fingerprint density at radius 3 is 3.00 bits per heavy atom. The summed E-state index contributed by atoms with van der Waals surface area (Å²) in [6, 6.07) is 10.1. The topological polar surface area (TPSA) is 76.2 Å². The highest BCUT2D eigenvalue weighted by atomic mass is 16.4. The van der Waals surface area contributed by atoms with E-state index in [2.05, 4.69) is 27.2 Å². The average Bonchev–Trinajstić information content (AvgIpc) is 3.27. The molecular weight excluding hydrogens is 354 g/mol. The molecule has 28 heavy (non-hydrogen) atoms. The number of piperidine rings is 1. The zero-order valence-electron chi connectivity index (χ0n) is 15.9. The number of fused-ring (bicyclic) bond motifs is 1. The van der Waals surface area contributed by atoms with Gasteiger partial charge in [-0.2, -0.15) is 5.10 Å². The molecule has 1 fully saturated rings. The summed E-state index contributed by atoms with van der Waals surface area (Å²) in [6.07, 6.45) is 5.72. The third-order valence-corrected chi connectivity index (χ3v) is 5.37. The molecule has 3 heterocycles. The van der Waals surface area contributed by atoms with Gasteiger partial charge >= 0.3 is 5.97 Å². The summed E-state index contributed by atoms with van der Waals surface area (Å²) in [5, 5.41) is 13.3. The van der Waals surface area contributed by atoms with Crippen LogP contribution in [-0.4, -0.2) is 48.4 Å². The SMILES string of the molecule is C=CCn1c(CN2CCC[C@H](c3ccnn3CC(=O)O)C2)nc2ccccc21. The summed E-state index contributed by atoms with van der Waals surface area (Å²) in [6.45, 7) is 7.20. The molecule has 1 atom stereocenters. The van der Waals surface area contributed by atoms with E-state index in [9.17, 15) is 4.79 Å². The molecule has 4 rings (SSSR count). The Morgan fingerprint density at radius 1 is 1.32 bits per heavy atom. The van der Waals surface area contributed by atoms with Crippen LogP contribution in [0.3, 0.4) is 0 Å². The minimum absolute atomic E-state index is 0.0893. The van der Waals surface area contributed by atoms with Crippen LogP contribution in [0, 0.1) is 0 Å². The molecule has 0 spiro atoms. The first-order valence-electron chi connectivity index (χ1n) is 9.66. The molecule has 1 aliphatic heterocycles. The normalized spacial score (nSPS) is 17.8. The Labute approximate surface area is 163 Å². The summed E-state index contributed by atoms with van der Waals surface area (Å²) in [5.74, 6) is 0.462. The van der Waals surface area contributed by atoms with Crippen molar-refractivity contribution in [1.82, 2.24) is 24.2 Å². The van der Waals surface area contributed by atoms with Crippen molar-refractivity contribution in [2.45, 2.75) is 38.4 Å². The van der Waals surface area contributed by atoms with Gasteiger partial charge in [0.2, 0.25) is 0 Å². The van der Waals surface area contributed by atoms with Crippen molar-refractivity contribution in [2.75, 3.05) is 13.1 Å². The van der Waals surface area contributed by atoms with Crippen molar-refractivity contribution in [3.8, 4) is 0 Å². The lowest BCUT2D eigenvalue weighted by Crippen LogP contribution is -2.35. The van der Waals surface area contributed by atoms with Crippen LogP contribution >= 0.6 is 0 Å². The third-order valence-electron chi connectivity index (χ3n) is 5.37. The first-order chi connectivity index (χ1) is 13.7. The minimum Gasteiger partial charge on any atom is -0.480 e. The summed E-state index contributed by atoms with van der Waals surface area (Å²) < 4.78 is 3.84. The molecule has 1 N–H and O–H groups in total. The average molecular weight is 379 g/mol. The molecule has 0 saturated carbocycles. The van der Waals surface area contributed by atoms with E-state index in [4.69, 9.17) is 10.1 Å². The molecule has 1 aliphatic rings. The van der Waals surface area contributed by atoms with Gasteiger partial charge in [-0.25, -0.2) is 4.98 Å². The van der Waals surface area contributed by atoms with Crippen LogP contribution in [0.4, 0.5) is 0 Å². The quantitative estimate of drug-likeness (QED) is 0.639. The fourth-order valence-corrected chi connectivity index (χ4v) is 4.17. The standard InChI is InChI=1S/C21H25N5O2/c1-2-11-25-19-8-4-3-7-17(19)23-20(25)14-24-12-5-6-16(13-24)18-9-10-22-26(18)15-21(27)28/h2-4,7-10,16H,1,5-6,11-15H2,(H,27,28)/t16-/m0/s1. The number of carboxylic acids is 1. The van der Waals surface area contributed by atoms with Crippen molar-refractivity contribution in [1.29, 1.82) is 0 Å². The van der Waals surface area contributed by atoms with Gasteiger partial charge in [0, 0.05) is 30.9 Å². The van der Waals surface area contributed by atoms with Crippen molar-refractivity contribution in [2.24, 2.45) is 0 Å². The monoisotopic (exact) mass is 379 g/mol. The molecule has 0 aliphatic carbocycles. The number of para-hydroxylation sites is 2. The smallest absolute Gasteiger partial charge is 0.325 e. The minimum atomic E-state index is -0.865. The number of carboxylic acid groups (broad SMARTS) is 1. The molecule has 1 aromatic carbocycles. The van der Waals surface area contributed by atoms with Crippen LogP contribution in [0.2, 0.25) is 0 Å². The van der Waals surface area contributed by atoms with E-state index in [1.807, 2.05) is 30.3 Å². The molecule has 3 aromatic rings. The number of hydrogen-bond acceptors (Lipinski definition) is 4. The van der Waals surface area contributed by atoms with Crippen molar-refractivity contribution < 1.29 is 9.90 Å². The number of rotatable bonds is 7. The zero-order chi connectivity index (χ0) is 19.5. The first-order valence-corrected chi connectivity index (χ1v) is 9.66. The largest absolute Gasteiger partial charge is 0.480 e. The van der Waals surface area contributed by atoms with E-state index in [1.54, 1.807) is 10.9 Å². The van der Waals surface area contributed by atoms with Crippen LogP contribution < -0.4 is 0 Å². The fraction of sp³-hybridized carbons (Fsp3) is 0.381. The second kappa shape index (κ2) is 7.98. The highest BCUT2D eigenvalue weighted by Gasteiger charge is 2.25. The second-order valence-electron chi connectivity index (χ2n) is 7.30. The Balaban J connectivity index is 1.54. The van der Waals surface area contributed by atoms with Crippen LogP contribution in [0.25, 0.3) is 11.0 Å². The van der Waals surface area contributed by atoms with Crippen molar-refractivity contribution in [3.05, 3.63) is 60.7 Å². The third kappa shape index (κ3) is 3.71. The van der Waals surface area contributed by atoms with Gasteiger partial charge in [0.05, 0.1) is 17.6 Å². The van der Waals surface area contributed by atoms with Gasteiger partial charge in [-0.05, 0) is 37.6 Å². The summed E-state index contributed by atoms with van der Waals surface area (Å²) >= 11 is 0. The molecule has 2 aromatic heterocycles. The maximum Gasteiger partial charge on any atom is 0.325 e. The Morgan fingerprint density at radius 2 is 2.18 bits per heavy atom. The molecule has 0 unspecified atom stereocenters. The van der Waals surface area contributed by atoms with E-state index in [1.165, 1.54) is 0 Å². The predicted octanol–water partition coefficient (Wildman–Crippen LogP) is 2.88. The van der Waals surface area contributed by atoms with E-state index >= 15 is 0 Å². The van der Waals surface area contributed by atoms with Gasteiger partial charge < -0.3 is 9.67 Å². The lowest BCUT2D eigenvalue weighted by Gasteiger charge is -2.32. The molecule has 0 radical (unpaired) electrons. The molecular formula is C21H25N5O2. The van der Waals surface area contributed by atoms with E-state index in [0.29, 0.717) is 0 Å². The number of nitrogens with zero attached hydrogens (tertiary/aromatic N) is 5. The van der Waals surface area contributed by atoms with E-state index in [0.717, 1.165) is 61.6 Å². The maximum atomic E-state index is 11.1. The number of benzene rings is 1.